The Labute approximate surface area is 117 Å². The molecule has 3 aromatic rings. The zero-order valence-corrected chi connectivity index (χ0v) is 11.1. The molecule has 2 heterocycles. The molecule has 1 aromatic carbocycles. The molecule has 4 nitrogen and oxygen atoms in total. The maximum absolute atomic E-state index is 5.61. The van der Waals surface area contributed by atoms with Crippen LogP contribution in [0, 0.1) is 0 Å². The summed E-state index contributed by atoms with van der Waals surface area (Å²) in [4.78, 5) is 8.56. The molecule has 2 N–H and O–H groups in total. The molecule has 0 radical (unpaired) electrons. The van der Waals surface area contributed by atoms with Gasteiger partial charge in [0.2, 0.25) is 0 Å². The lowest BCUT2D eigenvalue weighted by Gasteiger charge is -2.08. The maximum Gasteiger partial charge on any atom is 0.141 e. The van der Waals surface area contributed by atoms with E-state index in [1.165, 1.54) is 5.56 Å². The Hall–Kier alpha value is -2.46. The number of hydrogen-bond donors (Lipinski definition) is 1. The maximum atomic E-state index is 5.61. The van der Waals surface area contributed by atoms with E-state index in [1.807, 2.05) is 30.7 Å². The van der Waals surface area contributed by atoms with Gasteiger partial charge >= 0.3 is 0 Å². The molecule has 0 unspecified atom stereocenters. The van der Waals surface area contributed by atoms with E-state index >= 15 is 0 Å². The van der Waals surface area contributed by atoms with Gasteiger partial charge in [0.15, 0.2) is 0 Å². The monoisotopic (exact) mass is 264 g/mol. The van der Waals surface area contributed by atoms with Crippen LogP contribution in [0.4, 0.5) is 0 Å². The highest BCUT2D eigenvalue weighted by atomic mass is 15.1. The molecule has 0 bridgehead atoms. The van der Waals surface area contributed by atoms with Gasteiger partial charge in [-0.2, -0.15) is 0 Å². The van der Waals surface area contributed by atoms with E-state index in [1.54, 1.807) is 6.20 Å². The number of hydrogen-bond acceptors (Lipinski definition) is 3. The molecule has 0 spiro atoms. The Balaban J connectivity index is 1.86. The minimum atomic E-state index is 0.576. The molecular formula is C16H16N4. The van der Waals surface area contributed by atoms with Gasteiger partial charge in [0, 0.05) is 43.4 Å². The highest BCUT2D eigenvalue weighted by Crippen LogP contribution is 2.17. The predicted octanol–water partition coefficient (Wildman–Crippen LogP) is 2.45. The fourth-order valence-electron chi connectivity index (χ4n) is 2.17. The van der Waals surface area contributed by atoms with Gasteiger partial charge in [0.25, 0.3) is 0 Å². The molecule has 0 aliphatic heterocycles. The zero-order valence-electron chi connectivity index (χ0n) is 11.1. The molecule has 0 aliphatic rings. The Bertz CT molecular complexity index is 671. The van der Waals surface area contributed by atoms with Gasteiger partial charge in [-0.15, -0.1) is 0 Å². The van der Waals surface area contributed by atoms with E-state index in [2.05, 4.69) is 38.8 Å². The van der Waals surface area contributed by atoms with Crippen molar-refractivity contribution >= 4 is 0 Å². The molecule has 0 atom stereocenters. The molecule has 4 heteroatoms. The molecule has 0 amide bonds. The third kappa shape index (κ3) is 2.60. The summed E-state index contributed by atoms with van der Waals surface area (Å²) in [6.45, 7) is 1.36. The first-order chi connectivity index (χ1) is 9.86. The smallest absolute Gasteiger partial charge is 0.141 e. The van der Waals surface area contributed by atoms with Crippen LogP contribution in [0.5, 0.6) is 0 Å². The van der Waals surface area contributed by atoms with Crippen LogP contribution in [0.1, 0.15) is 11.1 Å². The highest BCUT2D eigenvalue weighted by Gasteiger charge is 2.06. The lowest BCUT2D eigenvalue weighted by atomic mass is 10.1. The van der Waals surface area contributed by atoms with Crippen LogP contribution in [0.25, 0.3) is 11.4 Å². The number of nitrogens with two attached hydrogens (primary N) is 1. The van der Waals surface area contributed by atoms with E-state index in [0.29, 0.717) is 6.54 Å². The highest BCUT2D eigenvalue weighted by molar-refractivity contribution is 5.53. The topological polar surface area (TPSA) is 56.7 Å². The standard InChI is InChI=1S/C16H16N4/c17-10-13-3-5-14(6-4-13)12-20-9-8-19-16(20)15-2-1-7-18-11-15/h1-9,11H,10,12,17H2. The number of benzene rings is 1. The first-order valence-corrected chi connectivity index (χ1v) is 6.56. The van der Waals surface area contributed by atoms with E-state index in [4.69, 9.17) is 5.73 Å². The van der Waals surface area contributed by atoms with Gasteiger partial charge in [-0.1, -0.05) is 24.3 Å². The summed E-state index contributed by atoms with van der Waals surface area (Å²) in [7, 11) is 0. The minimum absolute atomic E-state index is 0.576. The summed E-state index contributed by atoms with van der Waals surface area (Å²) < 4.78 is 2.12. The van der Waals surface area contributed by atoms with Crippen molar-refractivity contribution in [3.05, 3.63) is 72.3 Å². The SMILES string of the molecule is NCc1ccc(Cn2ccnc2-c2cccnc2)cc1. The van der Waals surface area contributed by atoms with Crippen LogP contribution in [0.15, 0.2) is 61.2 Å². The number of aromatic nitrogens is 3. The Morgan fingerprint density at radius 2 is 1.80 bits per heavy atom. The summed E-state index contributed by atoms with van der Waals surface area (Å²) in [6.07, 6.45) is 7.40. The Kier molecular flexibility index (Phi) is 3.56. The molecule has 2 aromatic heterocycles. The number of imidazole rings is 1. The van der Waals surface area contributed by atoms with Crippen LogP contribution in [0.2, 0.25) is 0 Å². The lowest BCUT2D eigenvalue weighted by molar-refractivity contribution is 0.805. The quantitative estimate of drug-likeness (QED) is 0.787. The summed E-state index contributed by atoms with van der Waals surface area (Å²) >= 11 is 0. The molecule has 0 saturated carbocycles. The molecule has 0 aliphatic carbocycles. The van der Waals surface area contributed by atoms with Crippen molar-refractivity contribution in [3.63, 3.8) is 0 Å². The van der Waals surface area contributed by atoms with Crippen molar-refractivity contribution < 1.29 is 0 Å². The van der Waals surface area contributed by atoms with Crippen molar-refractivity contribution in [2.75, 3.05) is 0 Å². The van der Waals surface area contributed by atoms with Gasteiger partial charge in [-0.3, -0.25) is 4.98 Å². The molecule has 0 fully saturated rings. The second-order valence-electron chi connectivity index (χ2n) is 4.64. The van der Waals surface area contributed by atoms with Crippen LogP contribution in [-0.4, -0.2) is 14.5 Å². The first kappa shape index (κ1) is 12.6. The van der Waals surface area contributed by atoms with Crippen molar-refractivity contribution in [2.24, 2.45) is 5.73 Å². The van der Waals surface area contributed by atoms with Crippen LogP contribution in [-0.2, 0) is 13.1 Å². The lowest BCUT2D eigenvalue weighted by Crippen LogP contribution is -2.02. The summed E-state index contributed by atoms with van der Waals surface area (Å²) in [5.41, 5.74) is 9.01. The zero-order chi connectivity index (χ0) is 13.8. The van der Waals surface area contributed by atoms with Gasteiger partial charge in [-0.25, -0.2) is 4.98 Å². The normalized spacial score (nSPS) is 10.7. The number of pyridine rings is 1. The predicted molar refractivity (Wildman–Crippen MR) is 78.9 cm³/mol. The molecule has 20 heavy (non-hydrogen) atoms. The third-order valence-electron chi connectivity index (χ3n) is 3.25. The second-order valence-corrected chi connectivity index (χ2v) is 4.64. The van der Waals surface area contributed by atoms with E-state index in [-0.39, 0.29) is 0 Å². The summed E-state index contributed by atoms with van der Waals surface area (Å²) in [5, 5.41) is 0. The van der Waals surface area contributed by atoms with E-state index in [0.717, 1.165) is 23.5 Å². The molecular weight excluding hydrogens is 248 g/mol. The van der Waals surface area contributed by atoms with Crippen LogP contribution in [0.3, 0.4) is 0 Å². The van der Waals surface area contributed by atoms with Gasteiger partial charge in [-0.05, 0) is 23.3 Å². The molecule has 3 rings (SSSR count). The first-order valence-electron chi connectivity index (χ1n) is 6.56. The van der Waals surface area contributed by atoms with E-state index < -0.39 is 0 Å². The fourth-order valence-corrected chi connectivity index (χ4v) is 2.17. The van der Waals surface area contributed by atoms with E-state index in [9.17, 15) is 0 Å². The third-order valence-corrected chi connectivity index (χ3v) is 3.25. The van der Waals surface area contributed by atoms with Crippen molar-refractivity contribution in [3.8, 4) is 11.4 Å². The number of rotatable bonds is 4. The fraction of sp³-hybridized carbons (Fsp3) is 0.125. The molecule has 100 valence electrons. The second kappa shape index (κ2) is 5.67. The Morgan fingerprint density at radius 1 is 1.00 bits per heavy atom. The van der Waals surface area contributed by atoms with Gasteiger partial charge < -0.3 is 10.3 Å². The largest absolute Gasteiger partial charge is 0.327 e. The summed E-state index contributed by atoms with van der Waals surface area (Å²) in [5.74, 6) is 0.931. The number of nitrogens with zero attached hydrogens (tertiary/aromatic N) is 3. The van der Waals surface area contributed by atoms with Gasteiger partial charge in [0.05, 0.1) is 0 Å². The van der Waals surface area contributed by atoms with Crippen molar-refractivity contribution in [1.29, 1.82) is 0 Å². The average molecular weight is 264 g/mol. The molecule has 0 saturated heterocycles. The van der Waals surface area contributed by atoms with Crippen molar-refractivity contribution in [1.82, 2.24) is 14.5 Å². The van der Waals surface area contributed by atoms with Gasteiger partial charge in [0.1, 0.15) is 5.82 Å². The Morgan fingerprint density at radius 3 is 2.50 bits per heavy atom. The average Bonchev–Trinajstić information content (AvgIpc) is 2.97. The summed E-state index contributed by atoms with van der Waals surface area (Å²) in [6, 6.07) is 12.3. The van der Waals surface area contributed by atoms with Crippen LogP contribution >= 0.6 is 0 Å². The van der Waals surface area contributed by atoms with Crippen LogP contribution < -0.4 is 5.73 Å². The van der Waals surface area contributed by atoms with Crippen molar-refractivity contribution in [2.45, 2.75) is 13.1 Å². The minimum Gasteiger partial charge on any atom is -0.327 e.